The molecule has 0 amide bonds. The van der Waals surface area contributed by atoms with Crippen molar-refractivity contribution in [3.05, 3.63) is 67.3 Å². The van der Waals surface area contributed by atoms with E-state index in [1.54, 1.807) is 17.2 Å². The summed E-state index contributed by atoms with van der Waals surface area (Å²) in [6.07, 6.45) is 11.8. The standard InChI is InChI=1S/C21H23N7/c1(6-13-27-17-21(24-26-27)19-11-8-12-22-15-19)2-7-14-28-23-16-20(25-28)18-9-4-3-5-10-18/h3-5,8-12,15-17H,1-2,6-7,13-14H2. The van der Waals surface area contributed by atoms with E-state index in [-0.39, 0.29) is 0 Å². The number of unbranched alkanes of at least 4 members (excludes halogenated alkanes) is 3. The summed E-state index contributed by atoms with van der Waals surface area (Å²) in [7, 11) is 0. The van der Waals surface area contributed by atoms with Gasteiger partial charge in [-0.15, -0.1) is 5.10 Å². The maximum atomic E-state index is 4.56. The molecule has 0 N–H and O–H groups in total. The van der Waals surface area contributed by atoms with E-state index in [4.69, 9.17) is 0 Å². The van der Waals surface area contributed by atoms with Crippen LogP contribution in [-0.2, 0) is 13.1 Å². The third-order valence-corrected chi connectivity index (χ3v) is 4.60. The summed E-state index contributed by atoms with van der Waals surface area (Å²) in [5.74, 6) is 0. The summed E-state index contributed by atoms with van der Waals surface area (Å²) < 4.78 is 1.91. The second-order valence-corrected chi connectivity index (χ2v) is 6.71. The lowest BCUT2D eigenvalue weighted by atomic mass is 10.2. The Bertz CT molecular complexity index is 894. The molecular formula is C21H23N7. The smallest absolute Gasteiger partial charge is 0.114 e. The number of aromatic nitrogens is 7. The zero-order valence-corrected chi connectivity index (χ0v) is 15.7. The highest BCUT2D eigenvalue weighted by Crippen LogP contribution is 2.15. The zero-order chi connectivity index (χ0) is 19.0. The average Bonchev–Trinajstić information content (AvgIpc) is 3.42. The molecule has 0 saturated carbocycles. The summed E-state index contributed by atoms with van der Waals surface area (Å²) >= 11 is 0. The lowest BCUT2D eigenvalue weighted by molar-refractivity contribution is 0.470. The van der Waals surface area contributed by atoms with Gasteiger partial charge in [0.15, 0.2) is 0 Å². The Balaban J connectivity index is 1.16. The van der Waals surface area contributed by atoms with Crippen molar-refractivity contribution in [2.75, 3.05) is 0 Å². The van der Waals surface area contributed by atoms with Crippen LogP contribution in [0.2, 0.25) is 0 Å². The molecule has 4 aromatic rings. The summed E-state index contributed by atoms with van der Waals surface area (Å²) in [6, 6.07) is 14.1. The third kappa shape index (κ3) is 4.68. The Hall–Kier alpha value is -3.35. The maximum Gasteiger partial charge on any atom is 0.114 e. The first-order valence-electron chi connectivity index (χ1n) is 9.64. The van der Waals surface area contributed by atoms with Crippen molar-refractivity contribution in [3.8, 4) is 22.5 Å². The molecule has 4 rings (SSSR count). The van der Waals surface area contributed by atoms with E-state index in [0.717, 1.165) is 61.3 Å². The van der Waals surface area contributed by atoms with Gasteiger partial charge in [-0.25, -0.2) is 0 Å². The van der Waals surface area contributed by atoms with Crippen molar-refractivity contribution in [1.82, 2.24) is 35.0 Å². The Morgan fingerprint density at radius 2 is 1.57 bits per heavy atom. The summed E-state index contributed by atoms with van der Waals surface area (Å²) in [5.41, 5.74) is 3.89. The van der Waals surface area contributed by atoms with E-state index >= 15 is 0 Å². The molecule has 0 fully saturated rings. The Morgan fingerprint density at radius 1 is 0.750 bits per heavy atom. The molecule has 0 aliphatic heterocycles. The molecular weight excluding hydrogens is 350 g/mol. The fourth-order valence-corrected chi connectivity index (χ4v) is 3.08. The van der Waals surface area contributed by atoms with E-state index in [1.165, 1.54) is 0 Å². The van der Waals surface area contributed by atoms with Crippen molar-refractivity contribution in [2.24, 2.45) is 0 Å². The fraction of sp³-hybridized carbons (Fsp3) is 0.286. The van der Waals surface area contributed by atoms with E-state index in [1.807, 2.05) is 47.4 Å². The van der Waals surface area contributed by atoms with Crippen LogP contribution in [0.1, 0.15) is 25.7 Å². The van der Waals surface area contributed by atoms with Crippen molar-refractivity contribution in [2.45, 2.75) is 38.8 Å². The molecule has 0 unspecified atom stereocenters. The van der Waals surface area contributed by atoms with Crippen molar-refractivity contribution < 1.29 is 0 Å². The highest BCUT2D eigenvalue weighted by molar-refractivity contribution is 5.57. The van der Waals surface area contributed by atoms with Gasteiger partial charge >= 0.3 is 0 Å². The van der Waals surface area contributed by atoms with Gasteiger partial charge in [0.2, 0.25) is 0 Å². The molecule has 0 spiro atoms. The van der Waals surface area contributed by atoms with Crippen LogP contribution >= 0.6 is 0 Å². The molecule has 3 aromatic heterocycles. The number of aryl methyl sites for hydroxylation is 2. The number of pyridine rings is 1. The topological polar surface area (TPSA) is 74.3 Å². The van der Waals surface area contributed by atoms with Crippen LogP contribution in [-0.4, -0.2) is 35.0 Å². The number of hydrogen-bond donors (Lipinski definition) is 0. The first-order valence-corrected chi connectivity index (χ1v) is 9.64. The van der Waals surface area contributed by atoms with Gasteiger partial charge in [-0.05, 0) is 25.0 Å². The van der Waals surface area contributed by atoms with Crippen LogP contribution in [0.15, 0.2) is 67.3 Å². The highest BCUT2D eigenvalue weighted by Gasteiger charge is 2.04. The number of benzene rings is 1. The van der Waals surface area contributed by atoms with E-state index in [2.05, 4.69) is 37.6 Å². The summed E-state index contributed by atoms with van der Waals surface area (Å²) in [4.78, 5) is 5.91. The van der Waals surface area contributed by atoms with E-state index < -0.39 is 0 Å². The third-order valence-electron chi connectivity index (χ3n) is 4.60. The predicted molar refractivity (Wildman–Crippen MR) is 107 cm³/mol. The van der Waals surface area contributed by atoms with Gasteiger partial charge in [-0.2, -0.15) is 15.0 Å². The molecule has 0 saturated heterocycles. The number of hydrogen-bond acceptors (Lipinski definition) is 5. The van der Waals surface area contributed by atoms with Crippen LogP contribution in [0.25, 0.3) is 22.5 Å². The predicted octanol–water partition coefficient (Wildman–Crippen LogP) is 3.86. The van der Waals surface area contributed by atoms with Gasteiger partial charge in [0.05, 0.1) is 18.9 Å². The van der Waals surface area contributed by atoms with Gasteiger partial charge in [0.25, 0.3) is 0 Å². The van der Waals surface area contributed by atoms with Crippen LogP contribution in [0.5, 0.6) is 0 Å². The van der Waals surface area contributed by atoms with Crippen molar-refractivity contribution in [1.29, 1.82) is 0 Å². The van der Waals surface area contributed by atoms with Crippen molar-refractivity contribution in [3.63, 3.8) is 0 Å². The number of nitrogens with zero attached hydrogens (tertiary/aromatic N) is 7. The first-order chi connectivity index (χ1) is 13.9. The zero-order valence-electron chi connectivity index (χ0n) is 15.7. The van der Waals surface area contributed by atoms with Crippen molar-refractivity contribution >= 4 is 0 Å². The van der Waals surface area contributed by atoms with Crippen LogP contribution in [0, 0.1) is 0 Å². The lowest BCUT2D eigenvalue weighted by Crippen LogP contribution is -2.03. The molecule has 0 bridgehead atoms. The fourth-order valence-electron chi connectivity index (χ4n) is 3.08. The normalized spacial score (nSPS) is 11.0. The summed E-state index contributed by atoms with van der Waals surface area (Å²) in [6.45, 7) is 1.73. The molecule has 0 radical (unpaired) electrons. The molecule has 142 valence electrons. The second kappa shape index (κ2) is 9.03. The van der Waals surface area contributed by atoms with Crippen LogP contribution < -0.4 is 0 Å². The molecule has 0 aliphatic rings. The minimum Gasteiger partial charge on any atom is -0.264 e. The molecule has 0 atom stereocenters. The molecule has 0 aliphatic carbocycles. The minimum atomic E-state index is 0.849. The van der Waals surface area contributed by atoms with Crippen LogP contribution in [0.3, 0.4) is 0 Å². The Morgan fingerprint density at radius 3 is 2.39 bits per heavy atom. The molecule has 7 nitrogen and oxygen atoms in total. The van der Waals surface area contributed by atoms with Crippen LogP contribution in [0.4, 0.5) is 0 Å². The molecule has 28 heavy (non-hydrogen) atoms. The Labute approximate surface area is 164 Å². The van der Waals surface area contributed by atoms with E-state index in [0.29, 0.717) is 0 Å². The van der Waals surface area contributed by atoms with Gasteiger partial charge in [0.1, 0.15) is 11.4 Å². The minimum absolute atomic E-state index is 0.849. The molecule has 3 heterocycles. The first kappa shape index (κ1) is 18.0. The number of rotatable bonds is 9. The van der Waals surface area contributed by atoms with Gasteiger partial charge in [-0.3, -0.25) is 9.67 Å². The average molecular weight is 373 g/mol. The Kier molecular flexibility index (Phi) is 5.82. The summed E-state index contributed by atoms with van der Waals surface area (Å²) in [5, 5.41) is 17.3. The highest BCUT2D eigenvalue weighted by atomic mass is 15.5. The SMILES string of the molecule is c1ccc(-c2cnn(CCCCCCn3cc(-c4cccnc4)nn3)n2)cc1. The second-order valence-electron chi connectivity index (χ2n) is 6.71. The molecule has 7 heteroatoms. The van der Waals surface area contributed by atoms with Gasteiger partial charge in [-0.1, -0.05) is 48.4 Å². The van der Waals surface area contributed by atoms with E-state index in [9.17, 15) is 0 Å². The van der Waals surface area contributed by atoms with Gasteiger partial charge < -0.3 is 0 Å². The largest absolute Gasteiger partial charge is 0.264 e. The molecule has 1 aromatic carbocycles. The monoisotopic (exact) mass is 373 g/mol. The maximum absolute atomic E-state index is 4.56. The lowest BCUT2D eigenvalue weighted by Gasteiger charge is -2.02. The van der Waals surface area contributed by atoms with Gasteiger partial charge in [0, 0.05) is 30.1 Å². The quantitative estimate of drug-likeness (QED) is 0.417.